The highest BCUT2D eigenvalue weighted by molar-refractivity contribution is 5.91. The van der Waals surface area contributed by atoms with Gasteiger partial charge in [-0.05, 0) is 121 Å². The fraction of sp³-hybridized carbons (Fsp3) is 0.514. The number of carbonyl (C=O) groups is 2. The van der Waals surface area contributed by atoms with Crippen molar-refractivity contribution in [3.8, 4) is 11.4 Å². The molecule has 5 rings (SSSR count). The van der Waals surface area contributed by atoms with Crippen LogP contribution in [0.2, 0.25) is 0 Å². The monoisotopic (exact) mass is 645 g/mol. The van der Waals surface area contributed by atoms with Crippen LogP contribution in [0.1, 0.15) is 82.4 Å². The van der Waals surface area contributed by atoms with Gasteiger partial charge in [-0.2, -0.15) is 0 Å². The van der Waals surface area contributed by atoms with Crippen molar-refractivity contribution in [1.29, 1.82) is 0 Å². The molecule has 47 heavy (non-hydrogen) atoms. The molecule has 3 heterocycles. The second kappa shape index (κ2) is 14.8. The molecule has 0 unspecified atom stereocenters. The van der Waals surface area contributed by atoms with Gasteiger partial charge in [0.05, 0.1) is 30.3 Å². The number of hydrogen-bond donors (Lipinski definition) is 0. The molecule has 2 aromatic carbocycles. The highest BCUT2D eigenvalue weighted by Gasteiger charge is 2.34. The molecule has 1 saturated heterocycles. The van der Waals surface area contributed by atoms with Crippen molar-refractivity contribution in [2.45, 2.75) is 85.7 Å². The number of halogens is 1. The molecule has 2 aliphatic rings. The normalized spacial score (nSPS) is 16.2. The first-order valence-corrected chi connectivity index (χ1v) is 16.9. The van der Waals surface area contributed by atoms with Gasteiger partial charge in [0.1, 0.15) is 23.2 Å². The number of carbonyl (C=O) groups excluding carboxylic acids is 2. The van der Waals surface area contributed by atoms with Gasteiger partial charge in [-0.25, -0.2) is 9.37 Å². The van der Waals surface area contributed by atoms with Crippen molar-refractivity contribution in [3.63, 3.8) is 0 Å². The Bertz CT molecular complexity index is 1650. The quantitative estimate of drug-likeness (QED) is 0.284. The van der Waals surface area contributed by atoms with Crippen LogP contribution in [-0.2, 0) is 22.4 Å². The smallest absolute Gasteiger partial charge is 0.263 e. The lowest BCUT2D eigenvalue weighted by molar-refractivity contribution is -0.134. The predicted octanol–water partition coefficient (Wildman–Crippen LogP) is 5.63. The second-order valence-corrected chi connectivity index (χ2v) is 13.2. The third-order valence-electron chi connectivity index (χ3n) is 9.60. The Morgan fingerprint density at radius 3 is 2.38 bits per heavy atom. The molecular weight excluding hydrogens is 597 g/mol. The fourth-order valence-corrected chi connectivity index (χ4v) is 6.86. The summed E-state index contributed by atoms with van der Waals surface area (Å²) in [5.74, 6) is 1.13. The van der Waals surface area contributed by atoms with E-state index in [1.54, 1.807) is 28.5 Å². The molecule has 1 aromatic heterocycles. The summed E-state index contributed by atoms with van der Waals surface area (Å²) in [4.78, 5) is 52.3. The Kier molecular flexibility index (Phi) is 10.8. The summed E-state index contributed by atoms with van der Waals surface area (Å²) in [6.45, 7) is 14.8. The summed E-state index contributed by atoms with van der Waals surface area (Å²) >= 11 is 0. The van der Waals surface area contributed by atoms with Gasteiger partial charge < -0.3 is 14.5 Å². The summed E-state index contributed by atoms with van der Waals surface area (Å²) < 4.78 is 21.4. The molecule has 2 amide bonds. The van der Waals surface area contributed by atoms with Crippen LogP contribution in [0.15, 0.2) is 47.3 Å². The maximum atomic E-state index is 14.4. The molecule has 3 aromatic rings. The molecule has 0 aliphatic carbocycles. The number of nitrogens with zero attached hydrogens (tertiary/aromatic N) is 5. The molecule has 9 nitrogen and oxygen atoms in total. The first kappa shape index (κ1) is 34.3. The van der Waals surface area contributed by atoms with Crippen molar-refractivity contribution < 1.29 is 18.7 Å². The summed E-state index contributed by atoms with van der Waals surface area (Å²) in [6.07, 6.45) is 3.17. The lowest BCUT2D eigenvalue weighted by atomic mass is 9.94. The van der Waals surface area contributed by atoms with Crippen molar-refractivity contribution in [3.05, 3.63) is 81.2 Å². The highest BCUT2D eigenvalue weighted by Crippen LogP contribution is 2.31. The minimum absolute atomic E-state index is 0.0914. The second-order valence-electron chi connectivity index (χ2n) is 13.2. The van der Waals surface area contributed by atoms with E-state index in [0.717, 1.165) is 31.5 Å². The molecule has 10 heteroatoms. The zero-order chi connectivity index (χ0) is 33.8. The van der Waals surface area contributed by atoms with Crippen LogP contribution in [0.25, 0.3) is 5.69 Å². The van der Waals surface area contributed by atoms with Crippen LogP contribution in [0.5, 0.6) is 5.75 Å². The maximum Gasteiger partial charge on any atom is 0.263 e. The number of fused-ring (bicyclic) bond motifs is 1. The Balaban J connectivity index is 1.60. The van der Waals surface area contributed by atoms with Crippen LogP contribution < -0.4 is 15.2 Å². The Morgan fingerprint density at radius 1 is 1.06 bits per heavy atom. The van der Waals surface area contributed by atoms with Gasteiger partial charge >= 0.3 is 0 Å². The number of aryl methyl sites for hydroxylation is 1. The molecule has 0 saturated carbocycles. The molecule has 0 bridgehead atoms. The number of piperidine rings is 1. The molecule has 1 atom stereocenters. The van der Waals surface area contributed by atoms with Gasteiger partial charge in [-0.15, -0.1) is 0 Å². The number of likely N-dealkylation sites (tertiary alicyclic amines) is 1. The minimum Gasteiger partial charge on any atom is -0.494 e. The Hall–Kier alpha value is -4.05. The van der Waals surface area contributed by atoms with Crippen LogP contribution in [-0.4, -0.2) is 70.0 Å². The van der Waals surface area contributed by atoms with Crippen LogP contribution in [0.4, 0.5) is 10.2 Å². The molecule has 252 valence electrons. The van der Waals surface area contributed by atoms with Gasteiger partial charge in [0, 0.05) is 26.1 Å². The molecule has 2 aliphatic heterocycles. The SMILES string of the molecule is CCOc1ccc(-n2c([C@@H](C)N(CC3CCN(C(C)C)CC3)C(=O)Cc3ccc(F)c(C)c3)nc3c(c2=O)CCCN3C(C)=O)cc1. The van der Waals surface area contributed by atoms with E-state index in [4.69, 9.17) is 9.72 Å². The van der Waals surface area contributed by atoms with E-state index in [2.05, 4.69) is 18.7 Å². The largest absolute Gasteiger partial charge is 0.494 e. The number of aromatic nitrogens is 2. The lowest BCUT2D eigenvalue weighted by Gasteiger charge is -2.39. The van der Waals surface area contributed by atoms with Gasteiger partial charge in [0.25, 0.3) is 5.56 Å². The van der Waals surface area contributed by atoms with Crippen LogP contribution in [0.3, 0.4) is 0 Å². The number of anilines is 1. The molecule has 0 N–H and O–H groups in total. The van der Waals surface area contributed by atoms with E-state index in [1.807, 2.05) is 43.0 Å². The standard InChI is InChI=1S/C37H48FN5O4/c1-7-47-31-13-11-30(12-14-31)43-35(39-36-32(37(43)46)9-8-18-41(36)27(6)44)26(5)42(23-28-16-19-40(20-17-28)24(2)3)34(45)22-29-10-15-33(38)25(4)21-29/h10-15,21,24,26,28H,7-9,16-20,22-23H2,1-6H3/t26-/m1/s1. The van der Waals surface area contributed by atoms with Gasteiger partial charge in [-0.3, -0.25) is 23.9 Å². The summed E-state index contributed by atoms with van der Waals surface area (Å²) in [6, 6.07) is 11.9. The number of hydrogen-bond acceptors (Lipinski definition) is 6. The molecular formula is C37H48FN5O4. The number of amides is 2. The average molecular weight is 646 g/mol. The van der Waals surface area contributed by atoms with Crippen molar-refractivity contribution >= 4 is 17.6 Å². The average Bonchev–Trinajstić information content (AvgIpc) is 3.05. The van der Waals surface area contributed by atoms with Crippen molar-refractivity contribution in [1.82, 2.24) is 19.4 Å². The first-order valence-electron chi connectivity index (χ1n) is 16.9. The van der Waals surface area contributed by atoms with E-state index in [-0.39, 0.29) is 35.5 Å². The number of benzene rings is 2. The van der Waals surface area contributed by atoms with Crippen LogP contribution in [0, 0.1) is 18.7 Å². The van der Waals surface area contributed by atoms with Gasteiger partial charge in [0.15, 0.2) is 0 Å². The van der Waals surface area contributed by atoms with Gasteiger partial charge in [-0.1, -0.05) is 12.1 Å². The Labute approximate surface area is 277 Å². The third-order valence-corrected chi connectivity index (χ3v) is 9.60. The zero-order valence-electron chi connectivity index (χ0n) is 28.6. The van der Waals surface area contributed by atoms with E-state index < -0.39 is 6.04 Å². The number of ether oxygens (including phenoxy) is 1. The third kappa shape index (κ3) is 7.59. The highest BCUT2D eigenvalue weighted by atomic mass is 19.1. The van der Waals surface area contributed by atoms with E-state index in [0.29, 0.717) is 72.8 Å². The summed E-state index contributed by atoms with van der Waals surface area (Å²) in [7, 11) is 0. The fourth-order valence-electron chi connectivity index (χ4n) is 6.86. The van der Waals surface area contributed by atoms with E-state index in [1.165, 1.54) is 13.0 Å². The first-order chi connectivity index (χ1) is 22.5. The van der Waals surface area contributed by atoms with E-state index in [9.17, 15) is 18.8 Å². The minimum atomic E-state index is -0.604. The zero-order valence-corrected chi connectivity index (χ0v) is 28.6. The predicted molar refractivity (Wildman–Crippen MR) is 182 cm³/mol. The van der Waals surface area contributed by atoms with Crippen molar-refractivity contribution in [2.24, 2.45) is 5.92 Å². The van der Waals surface area contributed by atoms with Gasteiger partial charge in [0.2, 0.25) is 11.8 Å². The molecule has 0 radical (unpaired) electrons. The summed E-state index contributed by atoms with van der Waals surface area (Å²) in [5, 5.41) is 0. The lowest BCUT2D eigenvalue weighted by Crippen LogP contribution is -2.46. The topological polar surface area (TPSA) is 88.0 Å². The maximum absolute atomic E-state index is 14.4. The van der Waals surface area contributed by atoms with E-state index >= 15 is 0 Å². The van der Waals surface area contributed by atoms with Crippen molar-refractivity contribution in [2.75, 3.05) is 37.7 Å². The molecule has 0 spiro atoms. The Morgan fingerprint density at radius 2 is 1.77 bits per heavy atom. The van der Waals surface area contributed by atoms with Crippen LogP contribution >= 0.6 is 0 Å². The molecule has 1 fully saturated rings. The summed E-state index contributed by atoms with van der Waals surface area (Å²) in [5.41, 5.74) is 2.09. The number of rotatable bonds is 10.